The second-order valence-electron chi connectivity index (χ2n) is 3.89. The smallest absolute Gasteiger partial charge is 0.303 e. The maximum atomic E-state index is 10.7. The highest BCUT2D eigenvalue weighted by Gasteiger charge is 2.39. The zero-order valence-corrected chi connectivity index (χ0v) is 8.49. The van der Waals surface area contributed by atoms with E-state index in [1.807, 2.05) is 11.8 Å². The van der Waals surface area contributed by atoms with Crippen LogP contribution >= 0.6 is 11.8 Å². The van der Waals surface area contributed by atoms with Crippen molar-refractivity contribution in [1.82, 2.24) is 0 Å². The summed E-state index contributed by atoms with van der Waals surface area (Å²) in [7, 11) is 0. The summed E-state index contributed by atoms with van der Waals surface area (Å²) in [5, 5.41) is 8.78. The van der Waals surface area contributed by atoms with E-state index in [9.17, 15) is 4.79 Å². The van der Waals surface area contributed by atoms with Gasteiger partial charge in [0.2, 0.25) is 0 Å². The molecule has 0 aromatic rings. The van der Waals surface area contributed by atoms with Crippen LogP contribution in [0.5, 0.6) is 0 Å². The highest BCUT2D eigenvalue weighted by Crippen LogP contribution is 2.44. The van der Waals surface area contributed by atoms with Crippen molar-refractivity contribution in [3.63, 3.8) is 0 Å². The summed E-state index contributed by atoms with van der Waals surface area (Å²) in [5.41, 5.74) is 0.0799. The molecule has 1 fully saturated rings. The molecule has 1 rings (SSSR count). The van der Waals surface area contributed by atoms with Gasteiger partial charge in [-0.15, -0.1) is 0 Å². The van der Waals surface area contributed by atoms with E-state index in [0.717, 1.165) is 17.9 Å². The first kappa shape index (κ1) is 9.90. The Labute approximate surface area is 77.7 Å². The van der Waals surface area contributed by atoms with Gasteiger partial charge in [-0.3, -0.25) is 4.79 Å². The Balaban J connectivity index is 2.65. The molecule has 1 saturated heterocycles. The molecule has 1 unspecified atom stereocenters. The lowest BCUT2D eigenvalue weighted by atomic mass is 9.74. The highest BCUT2D eigenvalue weighted by atomic mass is 32.2. The van der Waals surface area contributed by atoms with E-state index >= 15 is 0 Å². The third-order valence-corrected chi connectivity index (χ3v) is 4.13. The fourth-order valence-electron chi connectivity index (χ4n) is 1.72. The molecule has 1 heterocycles. The minimum absolute atomic E-state index is 0.0799. The van der Waals surface area contributed by atoms with E-state index in [1.54, 1.807) is 0 Å². The molecule has 0 amide bonds. The molecular weight excluding hydrogens is 172 g/mol. The number of aliphatic carboxylic acids is 1. The highest BCUT2D eigenvalue weighted by molar-refractivity contribution is 7.99. The van der Waals surface area contributed by atoms with E-state index in [0.29, 0.717) is 12.3 Å². The van der Waals surface area contributed by atoms with Crippen LogP contribution in [0.25, 0.3) is 0 Å². The average molecular weight is 188 g/mol. The first-order chi connectivity index (χ1) is 5.57. The van der Waals surface area contributed by atoms with Crippen LogP contribution < -0.4 is 0 Å². The Hall–Kier alpha value is -0.180. The summed E-state index contributed by atoms with van der Waals surface area (Å²) in [6.07, 6.45) is 1.42. The summed E-state index contributed by atoms with van der Waals surface area (Å²) >= 11 is 1.89. The molecule has 0 saturated carbocycles. The van der Waals surface area contributed by atoms with E-state index in [-0.39, 0.29) is 5.41 Å². The van der Waals surface area contributed by atoms with Crippen molar-refractivity contribution in [2.75, 3.05) is 11.5 Å². The number of hydrogen-bond acceptors (Lipinski definition) is 2. The molecular formula is C9H16O2S. The molecule has 0 aromatic heterocycles. The number of rotatable bonds is 3. The molecule has 70 valence electrons. The summed E-state index contributed by atoms with van der Waals surface area (Å²) in [6.45, 7) is 4.27. The Morgan fingerprint density at radius 1 is 1.67 bits per heavy atom. The third kappa shape index (κ3) is 1.94. The second-order valence-corrected chi connectivity index (χ2v) is 5.00. The predicted molar refractivity (Wildman–Crippen MR) is 51.5 cm³/mol. The number of thioether (sulfide) groups is 1. The van der Waals surface area contributed by atoms with Gasteiger partial charge in [-0.1, -0.05) is 13.8 Å². The van der Waals surface area contributed by atoms with Crippen LogP contribution in [0.15, 0.2) is 0 Å². The lowest BCUT2D eigenvalue weighted by Gasteiger charge is -2.30. The third-order valence-electron chi connectivity index (χ3n) is 2.86. The van der Waals surface area contributed by atoms with Gasteiger partial charge in [0, 0.05) is 0 Å². The van der Waals surface area contributed by atoms with Gasteiger partial charge in [-0.05, 0) is 29.3 Å². The van der Waals surface area contributed by atoms with E-state index in [1.165, 1.54) is 0 Å². The van der Waals surface area contributed by atoms with Gasteiger partial charge in [0.15, 0.2) is 0 Å². The summed E-state index contributed by atoms with van der Waals surface area (Å²) in [4.78, 5) is 10.7. The van der Waals surface area contributed by atoms with E-state index in [2.05, 4.69) is 13.8 Å². The molecule has 12 heavy (non-hydrogen) atoms. The minimum Gasteiger partial charge on any atom is -0.481 e. The Kier molecular flexibility index (Phi) is 3.04. The van der Waals surface area contributed by atoms with Crippen molar-refractivity contribution >= 4 is 17.7 Å². The van der Waals surface area contributed by atoms with Crippen molar-refractivity contribution < 1.29 is 9.90 Å². The lowest BCUT2D eigenvalue weighted by molar-refractivity contribution is -0.140. The summed E-state index contributed by atoms with van der Waals surface area (Å²) in [5.74, 6) is 2.00. The standard InChI is InChI=1S/C9H16O2S/c1-7(2)9(5-8(10)11)3-4-12-6-9/h7H,3-6H2,1-2H3,(H,10,11). The first-order valence-corrected chi connectivity index (χ1v) is 5.52. The number of carboxylic acids is 1. The first-order valence-electron chi connectivity index (χ1n) is 4.36. The van der Waals surface area contributed by atoms with Crippen molar-refractivity contribution in [2.45, 2.75) is 26.7 Å². The molecule has 0 radical (unpaired) electrons. The maximum absolute atomic E-state index is 10.7. The van der Waals surface area contributed by atoms with Crippen molar-refractivity contribution in [1.29, 1.82) is 0 Å². The molecule has 1 aliphatic rings. The molecule has 1 atom stereocenters. The largest absolute Gasteiger partial charge is 0.481 e. The van der Waals surface area contributed by atoms with Gasteiger partial charge in [0.1, 0.15) is 0 Å². The molecule has 3 heteroatoms. The van der Waals surface area contributed by atoms with Crippen molar-refractivity contribution in [2.24, 2.45) is 11.3 Å². The number of carbonyl (C=O) groups is 1. The maximum Gasteiger partial charge on any atom is 0.303 e. The fourth-order valence-corrected chi connectivity index (χ4v) is 3.40. The Bertz CT molecular complexity index is 171. The molecule has 1 aliphatic heterocycles. The van der Waals surface area contributed by atoms with Gasteiger partial charge >= 0.3 is 5.97 Å². The van der Waals surface area contributed by atoms with Crippen LogP contribution in [0.2, 0.25) is 0 Å². The summed E-state index contributed by atoms with van der Waals surface area (Å²) < 4.78 is 0. The van der Waals surface area contributed by atoms with Gasteiger partial charge < -0.3 is 5.11 Å². The molecule has 0 aliphatic carbocycles. The minimum atomic E-state index is -0.647. The molecule has 0 spiro atoms. The molecule has 0 bridgehead atoms. The van der Waals surface area contributed by atoms with Crippen molar-refractivity contribution in [3.8, 4) is 0 Å². The fraction of sp³-hybridized carbons (Fsp3) is 0.889. The SMILES string of the molecule is CC(C)C1(CC(=O)O)CCSC1. The monoisotopic (exact) mass is 188 g/mol. The quantitative estimate of drug-likeness (QED) is 0.738. The van der Waals surface area contributed by atoms with E-state index in [4.69, 9.17) is 5.11 Å². The van der Waals surface area contributed by atoms with Gasteiger partial charge in [0.05, 0.1) is 6.42 Å². The Morgan fingerprint density at radius 3 is 2.67 bits per heavy atom. The van der Waals surface area contributed by atoms with Crippen LogP contribution in [-0.2, 0) is 4.79 Å². The molecule has 1 N–H and O–H groups in total. The molecule has 2 nitrogen and oxygen atoms in total. The molecule has 0 aromatic carbocycles. The second kappa shape index (κ2) is 3.69. The van der Waals surface area contributed by atoms with Gasteiger partial charge in [-0.2, -0.15) is 11.8 Å². The Morgan fingerprint density at radius 2 is 2.33 bits per heavy atom. The van der Waals surface area contributed by atoms with Crippen molar-refractivity contribution in [3.05, 3.63) is 0 Å². The summed E-state index contributed by atoms with van der Waals surface area (Å²) in [6, 6.07) is 0. The zero-order chi connectivity index (χ0) is 9.19. The average Bonchev–Trinajstić information content (AvgIpc) is 2.35. The van der Waals surface area contributed by atoms with Crippen LogP contribution in [0.3, 0.4) is 0 Å². The van der Waals surface area contributed by atoms with Crippen LogP contribution in [0.4, 0.5) is 0 Å². The van der Waals surface area contributed by atoms with Crippen LogP contribution in [0.1, 0.15) is 26.7 Å². The topological polar surface area (TPSA) is 37.3 Å². The van der Waals surface area contributed by atoms with Crippen LogP contribution in [0, 0.1) is 11.3 Å². The van der Waals surface area contributed by atoms with Gasteiger partial charge in [-0.25, -0.2) is 0 Å². The number of hydrogen-bond donors (Lipinski definition) is 1. The van der Waals surface area contributed by atoms with Gasteiger partial charge in [0.25, 0.3) is 0 Å². The zero-order valence-electron chi connectivity index (χ0n) is 7.67. The predicted octanol–water partition coefficient (Wildman–Crippen LogP) is 2.24. The normalized spacial score (nSPS) is 29.6. The number of carboxylic acid groups (broad SMARTS) is 1. The van der Waals surface area contributed by atoms with Crippen LogP contribution in [-0.4, -0.2) is 22.6 Å². The van der Waals surface area contributed by atoms with E-state index < -0.39 is 5.97 Å². The lowest BCUT2D eigenvalue weighted by Crippen LogP contribution is -2.29.